The number of ether oxygens (including phenoxy) is 1. The first-order valence-electron chi connectivity index (χ1n) is 8.09. The Bertz CT molecular complexity index is 672. The average molecular weight is 330 g/mol. The monoisotopic (exact) mass is 330 g/mol. The predicted octanol–water partition coefficient (Wildman–Crippen LogP) is 2.81. The van der Waals surface area contributed by atoms with Gasteiger partial charge in [-0.2, -0.15) is 15.0 Å². The van der Waals surface area contributed by atoms with Gasteiger partial charge in [0.25, 0.3) is 0 Å². The molecule has 0 bridgehead atoms. The highest BCUT2D eigenvalue weighted by Crippen LogP contribution is 2.34. The maximum absolute atomic E-state index is 12.7. The Balaban J connectivity index is 2.37. The van der Waals surface area contributed by atoms with E-state index in [1.54, 1.807) is 12.4 Å². The number of hydrogen-bond donors (Lipinski definition) is 1. The second kappa shape index (κ2) is 6.73. The number of nitrogens with zero attached hydrogens (tertiary/aromatic N) is 3. The van der Waals surface area contributed by atoms with E-state index in [2.05, 4.69) is 31.0 Å². The quantitative estimate of drug-likeness (QED) is 0.852. The standard InChI is InChI=1S/C18H26N4O2/c1-13(2)24-16(23)18(19,12-17(3,4)5)14-6-8-15(9-7-14)22-20-10-11-21-22/h6-11,13H,12,19H2,1-5H3. The Labute approximate surface area is 143 Å². The van der Waals surface area contributed by atoms with E-state index in [1.165, 1.54) is 4.80 Å². The lowest BCUT2D eigenvalue weighted by molar-refractivity contribution is -0.156. The highest BCUT2D eigenvalue weighted by molar-refractivity contribution is 5.82. The highest BCUT2D eigenvalue weighted by atomic mass is 16.5. The Morgan fingerprint density at radius 2 is 1.71 bits per heavy atom. The van der Waals surface area contributed by atoms with Crippen LogP contribution < -0.4 is 5.73 Å². The van der Waals surface area contributed by atoms with Crippen LogP contribution in [0.2, 0.25) is 0 Å². The smallest absolute Gasteiger partial charge is 0.331 e. The SMILES string of the molecule is CC(C)OC(=O)C(N)(CC(C)(C)C)c1ccc(-n2nccn2)cc1. The minimum absolute atomic E-state index is 0.132. The summed E-state index contributed by atoms with van der Waals surface area (Å²) in [5.74, 6) is -0.405. The van der Waals surface area contributed by atoms with Crippen molar-refractivity contribution in [2.75, 3.05) is 0 Å². The number of benzene rings is 1. The second-order valence-electron chi connectivity index (χ2n) is 7.53. The largest absolute Gasteiger partial charge is 0.461 e. The van der Waals surface area contributed by atoms with Crippen molar-refractivity contribution in [1.29, 1.82) is 0 Å². The number of esters is 1. The molecule has 1 unspecified atom stereocenters. The van der Waals surface area contributed by atoms with Crippen LogP contribution >= 0.6 is 0 Å². The summed E-state index contributed by atoms with van der Waals surface area (Å²) in [5, 5.41) is 8.19. The first-order chi connectivity index (χ1) is 11.1. The Kier molecular flexibility index (Phi) is 5.08. The summed E-state index contributed by atoms with van der Waals surface area (Å²) in [7, 11) is 0. The normalized spacial score (nSPS) is 14.5. The van der Waals surface area contributed by atoms with E-state index in [9.17, 15) is 4.79 Å². The number of rotatable bonds is 5. The van der Waals surface area contributed by atoms with E-state index in [1.807, 2.05) is 38.1 Å². The summed E-state index contributed by atoms with van der Waals surface area (Å²) in [6.07, 6.45) is 3.49. The van der Waals surface area contributed by atoms with Gasteiger partial charge in [-0.15, -0.1) is 0 Å². The summed E-state index contributed by atoms with van der Waals surface area (Å²) in [5.41, 5.74) is 6.75. The minimum Gasteiger partial charge on any atom is -0.461 e. The van der Waals surface area contributed by atoms with Crippen LogP contribution in [0.3, 0.4) is 0 Å². The zero-order chi connectivity index (χ0) is 18.0. The van der Waals surface area contributed by atoms with Crippen molar-refractivity contribution >= 4 is 5.97 Å². The fourth-order valence-corrected chi connectivity index (χ4v) is 2.69. The molecule has 0 spiro atoms. The third-order valence-electron chi connectivity index (χ3n) is 3.55. The van der Waals surface area contributed by atoms with Gasteiger partial charge in [-0.3, -0.25) is 0 Å². The maximum atomic E-state index is 12.7. The minimum atomic E-state index is -1.20. The average Bonchev–Trinajstić information content (AvgIpc) is 2.99. The van der Waals surface area contributed by atoms with Gasteiger partial charge in [0.1, 0.15) is 5.54 Å². The van der Waals surface area contributed by atoms with Crippen LogP contribution in [0.5, 0.6) is 0 Å². The molecule has 2 aromatic rings. The van der Waals surface area contributed by atoms with E-state index in [0.29, 0.717) is 6.42 Å². The summed E-state index contributed by atoms with van der Waals surface area (Å²) in [6.45, 7) is 9.81. The molecule has 0 fully saturated rings. The number of hydrogen-bond acceptors (Lipinski definition) is 5. The van der Waals surface area contributed by atoms with Crippen LogP contribution in [0.15, 0.2) is 36.7 Å². The molecule has 0 radical (unpaired) electrons. The topological polar surface area (TPSA) is 83.0 Å². The van der Waals surface area contributed by atoms with Gasteiger partial charge < -0.3 is 10.5 Å². The number of carbonyl (C=O) groups excluding carboxylic acids is 1. The fourth-order valence-electron chi connectivity index (χ4n) is 2.69. The molecule has 0 aliphatic rings. The van der Waals surface area contributed by atoms with Gasteiger partial charge >= 0.3 is 5.97 Å². The van der Waals surface area contributed by atoms with Crippen molar-refractivity contribution < 1.29 is 9.53 Å². The first kappa shape index (κ1) is 18.1. The molecule has 6 heteroatoms. The van der Waals surface area contributed by atoms with Gasteiger partial charge in [0.05, 0.1) is 24.2 Å². The Hall–Kier alpha value is -2.21. The van der Waals surface area contributed by atoms with E-state index in [0.717, 1.165) is 11.3 Å². The van der Waals surface area contributed by atoms with Crippen molar-refractivity contribution in [3.05, 3.63) is 42.2 Å². The Morgan fingerprint density at radius 1 is 1.17 bits per heavy atom. The van der Waals surface area contributed by atoms with Gasteiger partial charge in [0.2, 0.25) is 0 Å². The molecule has 0 aliphatic heterocycles. The molecule has 130 valence electrons. The van der Waals surface area contributed by atoms with E-state index >= 15 is 0 Å². The first-order valence-corrected chi connectivity index (χ1v) is 8.09. The third-order valence-corrected chi connectivity index (χ3v) is 3.55. The van der Waals surface area contributed by atoms with Gasteiger partial charge in [-0.25, -0.2) is 4.79 Å². The Morgan fingerprint density at radius 3 is 2.17 bits per heavy atom. The number of nitrogens with two attached hydrogens (primary N) is 1. The van der Waals surface area contributed by atoms with Gasteiger partial charge in [0.15, 0.2) is 0 Å². The van der Waals surface area contributed by atoms with Crippen LogP contribution in [-0.4, -0.2) is 27.1 Å². The molecular formula is C18H26N4O2. The lowest BCUT2D eigenvalue weighted by atomic mass is 9.76. The molecular weight excluding hydrogens is 304 g/mol. The number of carbonyl (C=O) groups is 1. The lowest BCUT2D eigenvalue weighted by Gasteiger charge is -2.34. The molecule has 2 N–H and O–H groups in total. The third kappa shape index (κ3) is 4.20. The van der Waals surface area contributed by atoms with Crippen molar-refractivity contribution in [2.45, 2.75) is 52.7 Å². The molecule has 0 saturated carbocycles. The molecule has 0 saturated heterocycles. The zero-order valence-electron chi connectivity index (χ0n) is 15.0. The van der Waals surface area contributed by atoms with E-state index in [4.69, 9.17) is 10.5 Å². The summed E-state index contributed by atoms with van der Waals surface area (Å²) < 4.78 is 5.42. The molecule has 6 nitrogen and oxygen atoms in total. The summed E-state index contributed by atoms with van der Waals surface area (Å²) in [6, 6.07) is 7.38. The molecule has 24 heavy (non-hydrogen) atoms. The van der Waals surface area contributed by atoms with Crippen molar-refractivity contribution in [1.82, 2.24) is 15.0 Å². The summed E-state index contributed by atoms with van der Waals surface area (Å²) in [4.78, 5) is 14.2. The van der Waals surface area contributed by atoms with Crippen molar-refractivity contribution in [3.8, 4) is 5.69 Å². The van der Waals surface area contributed by atoms with Crippen molar-refractivity contribution in [2.24, 2.45) is 11.1 Å². The van der Waals surface area contributed by atoms with Crippen molar-refractivity contribution in [3.63, 3.8) is 0 Å². The molecule has 0 aliphatic carbocycles. The fraction of sp³-hybridized carbons (Fsp3) is 0.500. The molecule has 2 rings (SSSR count). The summed E-state index contributed by atoms with van der Waals surface area (Å²) >= 11 is 0. The molecule has 1 heterocycles. The maximum Gasteiger partial charge on any atom is 0.331 e. The molecule has 1 atom stereocenters. The van der Waals surface area contributed by atoms with Gasteiger partial charge in [0, 0.05) is 0 Å². The van der Waals surface area contributed by atoms with Crippen LogP contribution in [0.4, 0.5) is 0 Å². The predicted molar refractivity (Wildman–Crippen MR) is 92.5 cm³/mol. The van der Waals surface area contributed by atoms with Crippen LogP contribution in [0.25, 0.3) is 5.69 Å². The molecule has 0 amide bonds. The molecule has 1 aromatic carbocycles. The van der Waals surface area contributed by atoms with Crippen LogP contribution in [-0.2, 0) is 15.1 Å². The van der Waals surface area contributed by atoms with E-state index in [-0.39, 0.29) is 11.5 Å². The van der Waals surface area contributed by atoms with Crippen LogP contribution in [0.1, 0.15) is 46.6 Å². The molecule has 1 aromatic heterocycles. The van der Waals surface area contributed by atoms with E-state index < -0.39 is 11.5 Å². The highest BCUT2D eigenvalue weighted by Gasteiger charge is 2.41. The number of aromatic nitrogens is 3. The second-order valence-corrected chi connectivity index (χ2v) is 7.53. The zero-order valence-corrected chi connectivity index (χ0v) is 15.0. The lowest BCUT2D eigenvalue weighted by Crippen LogP contribution is -2.49. The van der Waals surface area contributed by atoms with Gasteiger partial charge in [-0.05, 0) is 43.4 Å². The van der Waals surface area contributed by atoms with Crippen LogP contribution in [0, 0.1) is 5.41 Å². The van der Waals surface area contributed by atoms with Gasteiger partial charge in [-0.1, -0.05) is 32.9 Å².